The van der Waals surface area contributed by atoms with Crippen LogP contribution in [0, 0.1) is 11.3 Å². The van der Waals surface area contributed by atoms with Crippen molar-refractivity contribution in [1.82, 2.24) is 14.8 Å². The van der Waals surface area contributed by atoms with Gasteiger partial charge in [-0.15, -0.1) is 0 Å². The number of hydrogen-bond acceptors (Lipinski definition) is 4. The number of benzene rings is 1. The second kappa shape index (κ2) is 5.77. The Balaban J connectivity index is 1.93. The first kappa shape index (κ1) is 15.7. The van der Waals surface area contributed by atoms with Crippen molar-refractivity contribution in [2.45, 2.75) is 38.3 Å². The van der Waals surface area contributed by atoms with E-state index in [-0.39, 0.29) is 12.5 Å². The van der Waals surface area contributed by atoms with Crippen LogP contribution < -0.4 is 0 Å². The van der Waals surface area contributed by atoms with E-state index in [0.717, 1.165) is 5.56 Å². The lowest BCUT2D eigenvalue weighted by Crippen LogP contribution is -2.54. The molecule has 1 aromatic heterocycles. The number of carboxylic acid groups (broad SMARTS) is 1. The monoisotopic (exact) mass is 315 g/mol. The first-order chi connectivity index (χ1) is 11.0. The Morgan fingerprint density at radius 2 is 2.13 bits per heavy atom. The summed E-state index contributed by atoms with van der Waals surface area (Å²) in [6.07, 6.45) is 4.67. The van der Waals surface area contributed by atoms with Gasteiger partial charge in [0.2, 0.25) is 0 Å². The van der Waals surface area contributed by atoms with Crippen molar-refractivity contribution >= 4 is 5.97 Å². The molecule has 23 heavy (non-hydrogen) atoms. The van der Waals surface area contributed by atoms with E-state index in [9.17, 15) is 15.0 Å². The zero-order valence-corrected chi connectivity index (χ0v) is 13.1. The van der Waals surface area contributed by atoms with Crippen LogP contribution in [0.15, 0.2) is 43.0 Å². The van der Waals surface area contributed by atoms with Crippen molar-refractivity contribution in [1.29, 1.82) is 0 Å². The summed E-state index contributed by atoms with van der Waals surface area (Å²) >= 11 is 0. The maximum atomic E-state index is 11.9. The van der Waals surface area contributed by atoms with E-state index in [4.69, 9.17) is 0 Å². The summed E-state index contributed by atoms with van der Waals surface area (Å²) in [5.41, 5.74) is -1.47. The summed E-state index contributed by atoms with van der Waals surface area (Å²) in [6.45, 7) is 1.77. The van der Waals surface area contributed by atoms with Gasteiger partial charge < -0.3 is 10.2 Å². The van der Waals surface area contributed by atoms with Crippen molar-refractivity contribution in [3.05, 3.63) is 48.5 Å². The Hall–Kier alpha value is -2.21. The van der Waals surface area contributed by atoms with Crippen molar-refractivity contribution in [3.8, 4) is 0 Å². The molecule has 2 N–H and O–H groups in total. The number of nitrogens with zero attached hydrogens (tertiary/aromatic N) is 3. The molecule has 6 heteroatoms. The summed E-state index contributed by atoms with van der Waals surface area (Å²) in [5, 5.41) is 25.2. The maximum absolute atomic E-state index is 11.9. The van der Waals surface area contributed by atoms with Gasteiger partial charge in [-0.1, -0.05) is 30.3 Å². The highest BCUT2D eigenvalue weighted by molar-refractivity contribution is 5.76. The molecule has 1 saturated carbocycles. The molecule has 3 atom stereocenters. The Morgan fingerprint density at radius 3 is 2.74 bits per heavy atom. The molecule has 0 unspecified atom stereocenters. The number of rotatable bonds is 5. The van der Waals surface area contributed by atoms with E-state index in [1.54, 1.807) is 6.92 Å². The third-order valence-electron chi connectivity index (χ3n) is 5.29. The zero-order chi connectivity index (χ0) is 16.5. The van der Waals surface area contributed by atoms with Gasteiger partial charge in [-0.3, -0.25) is 9.48 Å². The molecule has 0 saturated heterocycles. The minimum Gasteiger partial charge on any atom is -0.481 e. The summed E-state index contributed by atoms with van der Waals surface area (Å²) in [4.78, 5) is 15.8. The molecule has 0 bridgehead atoms. The fourth-order valence-corrected chi connectivity index (χ4v) is 3.70. The fourth-order valence-electron chi connectivity index (χ4n) is 3.70. The second-order valence-electron chi connectivity index (χ2n) is 6.58. The largest absolute Gasteiger partial charge is 0.481 e. The average Bonchev–Trinajstić information content (AvgIpc) is 3.11. The molecule has 1 aromatic carbocycles. The average molecular weight is 315 g/mol. The Labute approximate surface area is 134 Å². The molecular formula is C17H21N3O3. The highest BCUT2D eigenvalue weighted by Crippen LogP contribution is 2.52. The first-order valence-electron chi connectivity index (χ1n) is 7.78. The lowest BCUT2D eigenvalue weighted by atomic mass is 9.71. The molecule has 6 nitrogen and oxygen atoms in total. The van der Waals surface area contributed by atoms with Gasteiger partial charge in [-0.25, -0.2) is 4.98 Å². The Bertz CT molecular complexity index is 674. The van der Waals surface area contributed by atoms with Crippen LogP contribution in [0.4, 0.5) is 0 Å². The van der Waals surface area contributed by atoms with Crippen LogP contribution in [0.5, 0.6) is 0 Å². The number of hydrogen-bond donors (Lipinski definition) is 2. The van der Waals surface area contributed by atoms with E-state index < -0.39 is 17.0 Å². The topological polar surface area (TPSA) is 88.2 Å². The normalized spacial score (nSPS) is 30.4. The van der Waals surface area contributed by atoms with Gasteiger partial charge in [0, 0.05) is 0 Å². The minimum absolute atomic E-state index is 0.132. The smallest absolute Gasteiger partial charge is 0.312 e. The van der Waals surface area contributed by atoms with E-state index in [2.05, 4.69) is 10.1 Å². The number of aliphatic hydroxyl groups is 1. The predicted octanol–water partition coefficient (Wildman–Crippen LogP) is 1.75. The molecule has 122 valence electrons. The number of carboxylic acids is 1. The molecule has 0 amide bonds. The standard InChI is InChI=1S/C17H21N3O3/c1-16(15(21)22)8-7-14(9-13-5-3-2-4-6-13)17(16,23)10-20-12-18-11-19-20/h2-6,11-12,14,23H,7-10H2,1H3,(H,21,22)/t14-,16-,17-/m0/s1. The highest BCUT2D eigenvalue weighted by atomic mass is 16.4. The third-order valence-corrected chi connectivity index (χ3v) is 5.29. The van der Waals surface area contributed by atoms with E-state index >= 15 is 0 Å². The van der Waals surface area contributed by atoms with Gasteiger partial charge in [0.1, 0.15) is 18.3 Å². The van der Waals surface area contributed by atoms with Crippen LogP contribution in [0.1, 0.15) is 25.3 Å². The number of carbonyl (C=O) groups is 1. The van der Waals surface area contributed by atoms with Crippen LogP contribution in [0.3, 0.4) is 0 Å². The van der Waals surface area contributed by atoms with Gasteiger partial charge >= 0.3 is 5.97 Å². The Morgan fingerprint density at radius 1 is 1.39 bits per heavy atom. The summed E-state index contributed by atoms with van der Waals surface area (Å²) in [7, 11) is 0. The molecule has 1 fully saturated rings. The zero-order valence-electron chi connectivity index (χ0n) is 13.1. The van der Waals surface area contributed by atoms with E-state index in [1.165, 1.54) is 17.3 Å². The van der Waals surface area contributed by atoms with Crippen molar-refractivity contribution in [3.63, 3.8) is 0 Å². The summed E-state index contributed by atoms with van der Waals surface area (Å²) in [6, 6.07) is 9.87. The van der Waals surface area contributed by atoms with Gasteiger partial charge in [-0.05, 0) is 37.7 Å². The van der Waals surface area contributed by atoms with E-state index in [0.29, 0.717) is 19.3 Å². The third kappa shape index (κ3) is 2.63. The van der Waals surface area contributed by atoms with Crippen LogP contribution >= 0.6 is 0 Å². The lowest BCUT2D eigenvalue weighted by molar-refractivity contribution is -0.169. The van der Waals surface area contributed by atoms with Gasteiger partial charge in [0.05, 0.1) is 12.0 Å². The molecule has 0 spiro atoms. The van der Waals surface area contributed by atoms with E-state index in [1.807, 2.05) is 30.3 Å². The van der Waals surface area contributed by atoms with Crippen LogP contribution in [-0.2, 0) is 17.8 Å². The van der Waals surface area contributed by atoms with Crippen LogP contribution in [-0.4, -0.2) is 36.5 Å². The molecular weight excluding hydrogens is 294 g/mol. The highest BCUT2D eigenvalue weighted by Gasteiger charge is 2.61. The summed E-state index contributed by atoms with van der Waals surface area (Å²) < 4.78 is 1.52. The summed E-state index contributed by atoms with van der Waals surface area (Å²) in [5.74, 6) is -1.11. The number of aromatic nitrogens is 3. The van der Waals surface area contributed by atoms with Gasteiger partial charge in [0.25, 0.3) is 0 Å². The van der Waals surface area contributed by atoms with Gasteiger partial charge in [0.15, 0.2) is 0 Å². The fraction of sp³-hybridized carbons (Fsp3) is 0.471. The minimum atomic E-state index is -1.37. The number of aliphatic carboxylic acids is 1. The molecule has 1 heterocycles. The van der Waals surface area contributed by atoms with Crippen molar-refractivity contribution in [2.24, 2.45) is 11.3 Å². The quantitative estimate of drug-likeness (QED) is 0.877. The van der Waals surface area contributed by atoms with Crippen molar-refractivity contribution in [2.75, 3.05) is 0 Å². The molecule has 1 aliphatic rings. The molecule has 0 aliphatic heterocycles. The molecule has 1 aliphatic carbocycles. The Kier molecular flexibility index (Phi) is 3.93. The first-order valence-corrected chi connectivity index (χ1v) is 7.78. The van der Waals surface area contributed by atoms with Crippen LogP contribution in [0.2, 0.25) is 0 Å². The van der Waals surface area contributed by atoms with Gasteiger partial charge in [-0.2, -0.15) is 5.10 Å². The molecule has 3 rings (SSSR count). The second-order valence-corrected chi connectivity index (χ2v) is 6.58. The molecule has 0 radical (unpaired) electrons. The predicted molar refractivity (Wildman–Crippen MR) is 83.6 cm³/mol. The SMILES string of the molecule is C[C@@]1(C(=O)O)CC[C@@H](Cc2ccccc2)[C@@]1(O)Cn1cncn1. The lowest BCUT2D eigenvalue weighted by Gasteiger charge is -2.40. The maximum Gasteiger partial charge on any atom is 0.312 e. The van der Waals surface area contributed by atoms with Crippen molar-refractivity contribution < 1.29 is 15.0 Å². The molecule has 2 aromatic rings. The van der Waals surface area contributed by atoms with Crippen LogP contribution in [0.25, 0.3) is 0 Å².